The predicted molar refractivity (Wildman–Crippen MR) is 77.0 cm³/mol. The SMILES string of the molecule is O=C(NCC1(C2CC2)CCCCC1)c1ccccc1. The fourth-order valence-corrected chi connectivity index (χ4v) is 3.63. The molecule has 1 aromatic rings. The van der Waals surface area contributed by atoms with Crippen LogP contribution in [-0.2, 0) is 0 Å². The van der Waals surface area contributed by atoms with Crippen LogP contribution in [0.2, 0.25) is 0 Å². The molecule has 0 spiro atoms. The summed E-state index contributed by atoms with van der Waals surface area (Å²) in [4.78, 5) is 12.2. The lowest BCUT2D eigenvalue weighted by Gasteiger charge is -2.38. The molecule has 0 bridgehead atoms. The predicted octanol–water partition coefficient (Wildman–Crippen LogP) is 3.78. The molecule has 2 saturated carbocycles. The van der Waals surface area contributed by atoms with Gasteiger partial charge in [-0.3, -0.25) is 4.79 Å². The molecule has 2 aliphatic carbocycles. The second-order valence-electron chi connectivity index (χ2n) is 6.25. The molecule has 0 saturated heterocycles. The van der Waals surface area contributed by atoms with Crippen LogP contribution in [0.15, 0.2) is 30.3 Å². The van der Waals surface area contributed by atoms with Gasteiger partial charge < -0.3 is 5.32 Å². The average molecular weight is 257 g/mol. The summed E-state index contributed by atoms with van der Waals surface area (Å²) >= 11 is 0. The molecule has 3 rings (SSSR count). The van der Waals surface area contributed by atoms with Gasteiger partial charge >= 0.3 is 0 Å². The molecule has 0 radical (unpaired) electrons. The summed E-state index contributed by atoms with van der Waals surface area (Å²) in [5.41, 5.74) is 1.20. The molecule has 0 heterocycles. The molecule has 2 aliphatic rings. The number of hydrogen-bond donors (Lipinski definition) is 1. The van der Waals surface area contributed by atoms with E-state index in [1.807, 2.05) is 30.3 Å². The van der Waals surface area contributed by atoms with Crippen LogP contribution in [0.1, 0.15) is 55.3 Å². The maximum absolute atomic E-state index is 12.2. The molecule has 2 nitrogen and oxygen atoms in total. The minimum Gasteiger partial charge on any atom is -0.351 e. The second-order valence-corrected chi connectivity index (χ2v) is 6.25. The molecule has 2 fully saturated rings. The van der Waals surface area contributed by atoms with Gasteiger partial charge in [-0.25, -0.2) is 0 Å². The summed E-state index contributed by atoms with van der Waals surface area (Å²) in [7, 11) is 0. The van der Waals surface area contributed by atoms with E-state index in [0.29, 0.717) is 5.41 Å². The molecule has 19 heavy (non-hydrogen) atoms. The zero-order chi connectivity index (χ0) is 13.1. The van der Waals surface area contributed by atoms with Gasteiger partial charge in [-0.2, -0.15) is 0 Å². The maximum atomic E-state index is 12.2. The van der Waals surface area contributed by atoms with E-state index in [0.717, 1.165) is 18.0 Å². The molecule has 0 atom stereocenters. The fraction of sp³-hybridized carbons (Fsp3) is 0.588. The summed E-state index contributed by atoms with van der Waals surface area (Å²) in [5.74, 6) is 0.968. The van der Waals surface area contributed by atoms with Crippen LogP contribution >= 0.6 is 0 Å². The Morgan fingerprint density at radius 2 is 1.79 bits per heavy atom. The molecule has 1 N–H and O–H groups in total. The third-order valence-corrected chi connectivity index (χ3v) is 4.93. The standard InChI is InChI=1S/C17H23NO/c19-16(14-7-3-1-4-8-14)18-13-17(15-9-10-15)11-5-2-6-12-17/h1,3-4,7-8,15H,2,5-6,9-13H2,(H,18,19). The third-order valence-electron chi connectivity index (χ3n) is 4.93. The van der Waals surface area contributed by atoms with E-state index in [9.17, 15) is 4.79 Å². The normalized spacial score (nSPS) is 21.9. The minimum absolute atomic E-state index is 0.0891. The van der Waals surface area contributed by atoms with Crippen molar-refractivity contribution in [1.29, 1.82) is 0 Å². The van der Waals surface area contributed by atoms with Crippen molar-refractivity contribution in [1.82, 2.24) is 5.32 Å². The zero-order valence-corrected chi connectivity index (χ0v) is 11.5. The number of benzene rings is 1. The highest BCUT2D eigenvalue weighted by molar-refractivity contribution is 5.94. The highest BCUT2D eigenvalue weighted by Crippen LogP contribution is 2.53. The Morgan fingerprint density at radius 3 is 2.42 bits per heavy atom. The van der Waals surface area contributed by atoms with Crippen molar-refractivity contribution in [2.45, 2.75) is 44.9 Å². The molecule has 1 aromatic carbocycles. The average Bonchev–Trinajstić information content (AvgIpc) is 3.32. The van der Waals surface area contributed by atoms with Crippen LogP contribution < -0.4 is 5.32 Å². The Kier molecular flexibility index (Phi) is 3.58. The number of nitrogens with one attached hydrogen (secondary N) is 1. The van der Waals surface area contributed by atoms with Crippen molar-refractivity contribution in [2.24, 2.45) is 11.3 Å². The van der Waals surface area contributed by atoms with Crippen molar-refractivity contribution in [3.8, 4) is 0 Å². The first kappa shape index (κ1) is 12.7. The number of carbonyl (C=O) groups excluding carboxylic acids is 1. The lowest BCUT2D eigenvalue weighted by atomic mass is 9.70. The van der Waals surface area contributed by atoms with Crippen molar-refractivity contribution in [3.63, 3.8) is 0 Å². The maximum Gasteiger partial charge on any atom is 0.251 e. The van der Waals surface area contributed by atoms with E-state index in [-0.39, 0.29) is 5.91 Å². The van der Waals surface area contributed by atoms with Gasteiger partial charge in [0.2, 0.25) is 0 Å². The van der Waals surface area contributed by atoms with Crippen molar-refractivity contribution in [2.75, 3.05) is 6.54 Å². The van der Waals surface area contributed by atoms with Gasteiger partial charge in [-0.05, 0) is 49.1 Å². The quantitative estimate of drug-likeness (QED) is 0.874. The molecule has 0 unspecified atom stereocenters. The molecular weight excluding hydrogens is 234 g/mol. The molecular formula is C17H23NO. The van der Waals surface area contributed by atoms with Gasteiger partial charge in [-0.1, -0.05) is 37.5 Å². The topological polar surface area (TPSA) is 29.1 Å². The Balaban J connectivity index is 1.62. The monoisotopic (exact) mass is 257 g/mol. The van der Waals surface area contributed by atoms with E-state index >= 15 is 0 Å². The number of rotatable bonds is 4. The van der Waals surface area contributed by atoms with Gasteiger partial charge in [0.25, 0.3) is 5.91 Å². The zero-order valence-electron chi connectivity index (χ0n) is 11.5. The summed E-state index contributed by atoms with van der Waals surface area (Å²) in [6, 6.07) is 9.57. The first-order valence-corrected chi connectivity index (χ1v) is 7.63. The summed E-state index contributed by atoms with van der Waals surface area (Å²) in [5, 5.41) is 3.19. The highest BCUT2D eigenvalue weighted by Gasteiger charge is 2.45. The van der Waals surface area contributed by atoms with Crippen LogP contribution in [0, 0.1) is 11.3 Å². The Hall–Kier alpha value is -1.31. The van der Waals surface area contributed by atoms with Crippen molar-refractivity contribution >= 4 is 5.91 Å². The first-order valence-electron chi connectivity index (χ1n) is 7.63. The van der Waals surface area contributed by atoms with Gasteiger partial charge in [-0.15, -0.1) is 0 Å². The highest BCUT2D eigenvalue weighted by atomic mass is 16.1. The number of carbonyl (C=O) groups is 1. The van der Waals surface area contributed by atoms with E-state index in [2.05, 4.69) is 5.32 Å². The van der Waals surface area contributed by atoms with E-state index in [1.165, 1.54) is 44.9 Å². The van der Waals surface area contributed by atoms with Crippen LogP contribution in [0.4, 0.5) is 0 Å². The smallest absolute Gasteiger partial charge is 0.251 e. The number of hydrogen-bond acceptors (Lipinski definition) is 1. The molecule has 1 amide bonds. The second kappa shape index (κ2) is 5.36. The van der Waals surface area contributed by atoms with E-state index in [1.54, 1.807) is 0 Å². The van der Waals surface area contributed by atoms with Crippen LogP contribution in [0.5, 0.6) is 0 Å². The van der Waals surface area contributed by atoms with Gasteiger partial charge in [0.15, 0.2) is 0 Å². The molecule has 0 aromatic heterocycles. The van der Waals surface area contributed by atoms with E-state index < -0.39 is 0 Å². The molecule has 0 aliphatic heterocycles. The van der Waals surface area contributed by atoms with Crippen LogP contribution in [0.3, 0.4) is 0 Å². The fourth-order valence-electron chi connectivity index (χ4n) is 3.63. The first-order chi connectivity index (χ1) is 9.30. The van der Waals surface area contributed by atoms with Gasteiger partial charge in [0.05, 0.1) is 0 Å². The minimum atomic E-state index is 0.0891. The summed E-state index contributed by atoms with van der Waals surface area (Å²) in [6.45, 7) is 0.880. The van der Waals surface area contributed by atoms with Crippen molar-refractivity contribution < 1.29 is 4.79 Å². The Labute approximate surface area is 115 Å². The lowest BCUT2D eigenvalue weighted by molar-refractivity contribution is 0.0886. The molecule has 2 heteroatoms. The van der Waals surface area contributed by atoms with Gasteiger partial charge in [0, 0.05) is 12.1 Å². The Bertz CT molecular complexity index is 430. The largest absolute Gasteiger partial charge is 0.351 e. The summed E-state index contributed by atoms with van der Waals surface area (Å²) < 4.78 is 0. The van der Waals surface area contributed by atoms with Gasteiger partial charge in [0.1, 0.15) is 0 Å². The van der Waals surface area contributed by atoms with Crippen molar-refractivity contribution in [3.05, 3.63) is 35.9 Å². The Morgan fingerprint density at radius 1 is 1.11 bits per heavy atom. The lowest BCUT2D eigenvalue weighted by Crippen LogP contribution is -2.40. The van der Waals surface area contributed by atoms with Crippen LogP contribution in [0.25, 0.3) is 0 Å². The number of amides is 1. The summed E-state index contributed by atoms with van der Waals surface area (Å²) in [6.07, 6.45) is 9.44. The van der Waals surface area contributed by atoms with E-state index in [4.69, 9.17) is 0 Å². The van der Waals surface area contributed by atoms with Crippen LogP contribution in [-0.4, -0.2) is 12.5 Å². The third kappa shape index (κ3) is 2.83. The molecule has 102 valence electrons.